The molecule has 2 aromatic heterocycles. The smallest absolute Gasteiger partial charge is 0.326 e. The summed E-state index contributed by atoms with van der Waals surface area (Å²) in [5.74, 6) is -1.35. The maximum absolute atomic E-state index is 11.9. The fraction of sp³-hybridized carbons (Fsp3) is 0.385. The van der Waals surface area contributed by atoms with Crippen molar-refractivity contribution >= 4 is 23.2 Å². The normalized spacial score (nSPS) is 12.0. The summed E-state index contributed by atoms with van der Waals surface area (Å²) in [6, 6.07) is -0.958. The third-order valence-corrected chi connectivity index (χ3v) is 4.03. The van der Waals surface area contributed by atoms with Crippen LogP contribution < -0.4 is 5.32 Å². The highest BCUT2D eigenvalue weighted by molar-refractivity contribution is 7.09. The van der Waals surface area contributed by atoms with E-state index in [1.54, 1.807) is 11.7 Å². The monoisotopic (exact) mass is 308 g/mol. The number of amides is 1. The molecule has 7 nitrogen and oxygen atoms in total. The Morgan fingerprint density at radius 2 is 2.33 bits per heavy atom. The van der Waals surface area contributed by atoms with Crippen LogP contribution >= 0.6 is 11.3 Å². The lowest BCUT2D eigenvalue weighted by molar-refractivity contribution is -0.141. The van der Waals surface area contributed by atoms with Crippen LogP contribution in [-0.2, 0) is 22.4 Å². The zero-order chi connectivity index (χ0) is 15.2. The summed E-state index contributed by atoms with van der Waals surface area (Å²) in [5, 5.41) is 11.7. The standard InChI is InChI=1S/C13H16N4O3S/c1-8-11(21-7-16-8)2-3-12(18)17-10(13(19)20)4-9-5-14-6-15-9/h5-7,10H,2-4H2,1H3,(H,14,15)(H,17,18)(H,19,20)/t10-/m0/s1. The average molecular weight is 308 g/mol. The van der Waals surface area contributed by atoms with Crippen molar-refractivity contribution in [2.24, 2.45) is 0 Å². The summed E-state index contributed by atoms with van der Waals surface area (Å²) in [6.07, 6.45) is 4.01. The molecule has 0 radical (unpaired) electrons. The SMILES string of the molecule is Cc1ncsc1CCC(=O)N[C@@H](Cc1cnc[nH]1)C(=O)O. The number of imidazole rings is 1. The van der Waals surface area contributed by atoms with E-state index in [0.29, 0.717) is 12.1 Å². The van der Waals surface area contributed by atoms with Gasteiger partial charge in [0.1, 0.15) is 6.04 Å². The average Bonchev–Trinajstić information content (AvgIpc) is 3.07. The first-order valence-electron chi connectivity index (χ1n) is 6.44. The van der Waals surface area contributed by atoms with Crippen LogP contribution in [0, 0.1) is 6.92 Å². The number of hydrogen-bond acceptors (Lipinski definition) is 5. The maximum atomic E-state index is 11.9. The number of nitrogens with zero attached hydrogens (tertiary/aromatic N) is 2. The number of carboxylic acid groups (broad SMARTS) is 1. The number of carboxylic acids is 1. The van der Waals surface area contributed by atoms with Gasteiger partial charge in [-0.3, -0.25) is 4.79 Å². The molecule has 2 aromatic rings. The summed E-state index contributed by atoms with van der Waals surface area (Å²) in [7, 11) is 0. The molecule has 2 rings (SSSR count). The van der Waals surface area contributed by atoms with Crippen LogP contribution in [-0.4, -0.2) is 38.0 Å². The van der Waals surface area contributed by atoms with E-state index in [1.807, 2.05) is 6.92 Å². The fourth-order valence-electron chi connectivity index (χ4n) is 1.88. The Labute approximate surface area is 125 Å². The quantitative estimate of drug-likeness (QED) is 0.705. The largest absolute Gasteiger partial charge is 0.480 e. The topological polar surface area (TPSA) is 108 Å². The maximum Gasteiger partial charge on any atom is 0.326 e. The van der Waals surface area contributed by atoms with Gasteiger partial charge in [-0.25, -0.2) is 14.8 Å². The van der Waals surface area contributed by atoms with E-state index in [9.17, 15) is 9.59 Å². The highest BCUT2D eigenvalue weighted by atomic mass is 32.1. The Kier molecular flexibility index (Phi) is 5.04. The van der Waals surface area contributed by atoms with Crippen LogP contribution in [0.3, 0.4) is 0 Å². The third-order valence-electron chi connectivity index (χ3n) is 3.04. The number of aromatic amines is 1. The molecule has 0 bridgehead atoms. The molecule has 21 heavy (non-hydrogen) atoms. The minimum absolute atomic E-state index is 0.181. The number of carbonyl (C=O) groups excluding carboxylic acids is 1. The number of aliphatic carboxylic acids is 1. The second kappa shape index (κ2) is 6.98. The molecule has 2 heterocycles. The van der Waals surface area contributed by atoms with Gasteiger partial charge in [0.15, 0.2) is 0 Å². The molecule has 0 aliphatic carbocycles. The summed E-state index contributed by atoms with van der Waals surface area (Å²) in [6.45, 7) is 1.89. The minimum Gasteiger partial charge on any atom is -0.480 e. The number of carbonyl (C=O) groups is 2. The van der Waals surface area contributed by atoms with Crippen LogP contribution in [0.2, 0.25) is 0 Å². The molecule has 1 atom stereocenters. The molecule has 0 saturated heterocycles. The fourth-order valence-corrected chi connectivity index (χ4v) is 2.66. The predicted molar refractivity (Wildman–Crippen MR) is 77.0 cm³/mol. The van der Waals surface area contributed by atoms with Crippen LogP contribution in [0.5, 0.6) is 0 Å². The molecule has 3 N–H and O–H groups in total. The number of rotatable bonds is 7. The molecular formula is C13H16N4O3S. The van der Waals surface area contributed by atoms with Crippen molar-refractivity contribution < 1.29 is 14.7 Å². The van der Waals surface area contributed by atoms with E-state index >= 15 is 0 Å². The second-order valence-electron chi connectivity index (χ2n) is 4.60. The van der Waals surface area contributed by atoms with Crippen molar-refractivity contribution in [1.29, 1.82) is 0 Å². The van der Waals surface area contributed by atoms with Gasteiger partial charge in [0.2, 0.25) is 5.91 Å². The zero-order valence-electron chi connectivity index (χ0n) is 11.5. The lowest BCUT2D eigenvalue weighted by Crippen LogP contribution is -2.42. The zero-order valence-corrected chi connectivity index (χ0v) is 12.3. The number of aromatic nitrogens is 3. The summed E-state index contributed by atoms with van der Waals surface area (Å²) in [5.41, 5.74) is 3.32. The van der Waals surface area contributed by atoms with Crippen molar-refractivity contribution in [1.82, 2.24) is 20.3 Å². The molecule has 0 aliphatic rings. The number of H-pyrrole nitrogens is 1. The molecule has 0 fully saturated rings. The van der Waals surface area contributed by atoms with Crippen LogP contribution in [0.15, 0.2) is 18.0 Å². The lowest BCUT2D eigenvalue weighted by atomic mass is 10.1. The van der Waals surface area contributed by atoms with Crippen molar-refractivity contribution in [3.8, 4) is 0 Å². The van der Waals surface area contributed by atoms with E-state index in [1.165, 1.54) is 17.7 Å². The van der Waals surface area contributed by atoms with Gasteiger partial charge in [-0.1, -0.05) is 0 Å². The number of thiazole rings is 1. The Morgan fingerprint density at radius 3 is 2.90 bits per heavy atom. The van der Waals surface area contributed by atoms with Crippen LogP contribution in [0.25, 0.3) is 0 Å². The summed E-state index contributed by atoms with van der Waals surface area (Å²) < 4.78 is 0. The molecule has 1 amide bonds. The molecule has 8 heteroatoms. The van der Waals surface area contributed by atoms with Gasteiger partial charge in [-0.2, -0.15) is 0 Å². The Morgan fingerprint density at radius 1 is 1.52 bits per heavy atom. The number of hydrogen-bond donors (Lipinski definition) is 3. The van der Waals surface area contributed by atoms with Gasteiger partial charge >= 0.3 is 5.97 Å². The Balaban J connectivity index is 1.86. The van der Waals surface area contributed by atoms with Crippen LogP contribution in [0.4, 0.5) is 0 Å². The van der Waals surface area contributed by atoms with Gasteiger partial charge < -0.3 is 15.4 Å². The molecule has 0 spiro atoms. The molecule has 112 valence electrons. The van der Waals surface area contributed by atoms with Gasteiger partial charge in [0.25, 0.3) is 0 Å². The van der Waals surface area contributed by atoms with E-state index < -0.39 is 12.0 Å². The van der Waals surface area contributed by atoms with Gasteiger partial charge in [-0.05, 0) is 13.3 Å². The highest BCUT2D eigenvalue weighted by Crippen LogP contribution is 2.14. The third kappa shape index (κ3) is 4.38. The Bertz CT molecular complexity index is 609. The first-order valence-corrected chi connectivity index (χ1v) is 7.32. The van der Waals surface area contributed by atoms with Gasteiger partial charge in [-0.15, -0.1) is 11.3 Å². The molecule has 0 saturated carbocycles. The number of nitrogens with one attached hydrogen (secondary N) is 2. The van der Waals surface area contributed by atoms with E-state index in [2.05, 4.69) is 20.3 Å². The predicted octanol–water partition coefficient (Wildman–Crippen LogP) is 0.919. The molecule has 0 aliphatic heterocycles. The molecule has 0 unspecified atom stereocenters. The first kappa shape index (κ1) is 15.2. The summed E-state index contributed by atoms with van der Waals surface area (Å²) in [4.78, 5) is 34.9. The molecular weight excluding hydrogens is 292 g/mol. The van der Waals surface area contributed by atoms with Gasteiger partial charge in [0.05, 0.1) is 17.5 Å². The van der Waals surface area contributed by atoms with Crippen molar-refractivity contribution in [2.75, 3.05) is 0 Å². The second-order valence-corrected chi connectivity index (χ2v) is 5.54. The van der Waals surface area contributed by atoms with Crippen molar-refractivity contribution in [3.05, 3.63) is 34.3 Å². The summed E-state index contributed by atoms with van der Waals surface area (Å²) >= 11 is 1.50. The van der Waals surface area contributed by atoms with Crippen molar-refractivity contribution in [3.63, 3.8) is 0 Å². The van der Waals surface area contributed by atoms with E-state index in [4.69, 9.17) is 5.11 Å². The first-order chi connectivity index (χ1) is 10.1. The van der Waals surface area contributed by atoms with E-state index in [-0.39, 0.29) is 18.7 Å². The number of aryl methyl sites for hydroxylation is 2. The molecule has 0 aromatic carbocycles. The van der Waals surface area contributed by atoms with E-state index in [0.717, 1.165) is 10.6 Å². The van der Waals surface area contributed by atoms with Crippen LogP contribution in [0.1, 0.15) is 22.7 Å². The Hall–Kier alpha value is -2.22. The minimum atomic E-state index is -1.06. The highest BCUT2D eigenvalue weighted by Gasteiger charge is 2.21. The van der Waals surface area contributed by atoms with Gasteiger partial charge in [0, 0.05) is 29.6 Å². The lowest BCUT2D eigenvalue weighted by Gasteiger charge is -2.13. The van der Waals surface area contributed by atoms with Crippen molar-refractivity contribution in [2.45, 2.75) is 32.2 Å².